The first kappa shape index (κ1) is 34.1. The number of ether oxygens (including phenoxy) is 1. The maximum Gasteiger partial charge on any atom is 0.311 e. The molecule has 0 unspecified atom stereocenters. The van der Waals surface area contributed by atoms with Crippen molar-refractivity contribution in [2.24, 2.45) is 26.8 Å². The van der Waals surface area contributed by atoms with E-state index in [4.69, 9.17) is 19.7 Å². The quantitative estimate of drug-likeness (QED) is 0.102. The first-order valence-electron chi connectivity index (χ1n) is 16.6. The minimum absolute atomic E-state index is 0.0662. The number of allylic oxidation sites excluding steroid dienone is 12. The number of carbonyl (C=O) groups is 1. The molecule has 1 aliphatic carbocycles. The van der Waals surface area contributed by atoms with Gasteiger partial charge in [0.15, 0.2) is 0 Å². The molecule has 0 saturated carbocycles. The maximum absolute atomic E-state index is 14.3. The second-order valence-electron chi connectivity index (χ2n) is 13.1. The van der Waals surface area contributed by atoms with Crippen molar-refractivity contribution in [3.63, 3.8) is 0 Å². The number of aliphatic imine (C=N–C) groups is 3. The van der Waals surface area contributed by atoms with Crippen LogP contribution in [0.5, 0.6) is 5.75 Å². The number of nitrogens with one attached hydrogen (secondary N) is 1. The molecule has 1 saturated heterocycles. The molecule has 0 spiro atoms. The van der Waals surface area contributed by atoms with Crippen LogP contribution in [-0.2, 0) is 4.79 Å². The number of fused-ring (bicyclic) bond motifs is 5. The number of rotatable bonds is 6. The van der Waals surface area contributed by atoms with Crippen LogP contribution in [0.2, 0.25) is 0 Å². The van der Waals surface area contributed by atoms with Crippen molar-refractivity contribution < 1.29 is 36.6 Å². The molecule has 2 N–H and O–H groups in total. The highest BCUT2D eigenvalue weighted by atomic mass is 19.2. The molecule has 8 bridgehead atoms. The fourth-order valence-corrected chi connectivity index (χ4v) is 7.50. The Morgan fingerprint density at radius 1 is 0.941 bits per heavy atom. The smallest absolute Gasteiger partial charge is 0.311 e. The van der Waals surface area contributed by atoms with Gasteiger partial charge in [-0.15, -0.1) is 0 Å². The van der Waals surface area contributed by atoms with Crippen molar-refractivity contribution >= 4 is 23.1 Å². The topological polar surface area (TPSA) is 95.6 Å². The molecule has 5 heterocycles. The van der Waals surface area contributed by atoms with Gasteiger partial charge < -0.3 is 15.2 Å². The third-order valence-corrected chi connectivity index (χ3v) is 10.3. The monoisotopic (exact) mass is 700 g/mol. The second kappa shape index (κ2) is 12.4. The van der Waals surface area contributed by atoms with Crippen molar-refractivity contribution in [1.82, 2.24) is 5.32 Å². The van der Waals surface area contributed by atoms with Crippen LogP contribution in [0.3, 0.4) is 0 Å². The summed E-state index contributed by atoms with van der Waals surface area (Å²) in [4.78, 5) is 27.8. The average Bonchev–Trinajstić information content (AvgIpc) is 3.86. The number of aliphatic hydroxyl groups is 1. The van der Waals surface area contributed by atoms with Gasteiger partial charge in [0.05, 0.1) is 34.2 Å². The lowest BCUT2D eigenvalue weighted by Crippen LogP contribution is -2.18. The summed E-state index contributed by atoms with van der Waals surface area (Å²) in [6, 6.07) is 0. The summed E-state index contributed by atoms with van der Waals surface area (Å²) in [5.41, 5.74) is 11.6. The molecular formula is C39H33F5N4O3. The number of carbonyl (C=O) groups excluding carboxylic acids is 1. The molecule has 6 aliphatic rings. The average molecular weight is 701 g/mol. The molecule has 1 aromatic carbocycles. The van der Waals surface area contributed by atoms with Crippen LogP contribution in [0.4, 0.5) is 22.0 Å². The minimum atomic E-state index is -2.35. The third-order valence-electron chi connectivity index (χ3n) is 10.3. The Labute approximate surface area is 290 Å². The number of hydrogen-bond acceptors (Lipinski definition) is 7. The zero-order valence-electron chi connectivity index (χ0n) is 28.5. The van der Waals surface area contributed by atoms with Gasteiger partial charge in [-0.05, 0) is 74.1 Å². The van der Waals surface area contributed by atoms with Gasteiger partial charge in [0.25, 0.3) is 0 Å². The van der Waals surface area contributed by atoms with Gasteiger partial charge in [0.1, 0.15) is 5.76 Å². The molecule has 262 valence electrons. The van der Waals surface area contributed by atoms with E-state index in [9.17, 15) is 31.9 Å². The molecule has 5 aliphatic heterocycles. The number of esters is 1. The van der Waals surface area contributed by atoms with Crippen molar-refractivity contribution in [3.8, 4) is 5.75 Å². The third kappa shape index (κ3) is 5.30. The lowest BCUT2D eigenvalue weighted by molar-refractivity contribution is -0.135. The number of nitrogens with zero attached hydrogens (tertiary/aromatic N) is 3. The van der Waals surface area contributed by atoms with Gasteiger partial charge in [-0.25, -0.2) is 28.1 Å². The van der Waals surface area contributed by atoms with Crippen molar-refractivity contribution in [2.45, 2.75) is 60.3 Å². The summed E-state index contributed by atoms with van der Waals surface area (Å²) in [6.07, 6.45) is 8.08. The number of hydrogen-bond donors (Lipinski definition) is 2. The van der Waals surface area contributed by atoms with Crippen LogP contribution >= 0.6 is 0 Å². The molecule has 1 fully saturated rings. The van der Waals surface area contributed by atoms with Crippen LogP contribution in [0.1, 0.15) is 60.3 Å². The minimum Gasteiger partial charge on any atom is -0.511 e. The van der Waals surface area contributed by atoms with Crippen LogP contribution in [0.25, 0.3) is 0 Å². The standard InChI is InChI=1S/C39H33F5N4O3/c1-7-19-15(3)23-12-25-17(5)21(9-10-30(50)51-39-35(43)33(41)32(40)34(42)36(39)44)37(47-25)22-11-29(49)31-18(6)26(48-38(22)31)14-28-20(8-2)16(4)24(46-28)13-27(19)45-23/h7,12-14,17,21,47,49H,1,8-11H2,2-6H3/t17-,21-/m0/s1. The summed E-state index contributed by atoms with van der Waals surface area (Å²) >= 11 is 0. The Bertz CT molecular complexity index is 2230. The lowest BCUT2D eigenvalue weighted by Gasteiger charge is -2.18. The van der Waals surface area contributed by atoms with E-state index >= 15 is 0 Å². The lowest BCUT2D eigenvalue weighted by atomic mass is 9.86. The predicted molar refractivity (Wildman–Crippen MR) is 183 cm³/mol. The van der Waals surface area contributed by atoms with Gasteiger partial charge in [-0.1, -0.05) is 26.5 Å². The summed E-state index contributed by atoms with van der Waals surface area (Å²) < 4.78 is 74.5. The van der Waals surface area contributed by atoms with E-state index in [1.165, 1.54) is 0 Å². The fraction of sp³-hybridized carbons (Fsp3) is 0.282. The van der Waals surface area contributed by atoms with Crippen LogP contribution in [-0.4, -0.2) is 28.2 Å². The Kier molecular flexibility index (Phi) is 8.31. The Balaban J connectivity index is 1.32. The molecule has 7 rings (SSSR count). The zero-order valence-corrected chi connectivity index (χ0v) is 28.5. The van der Waals surface area contributed by atoms with Crippen LogP contribution in [0, 0.1) is 40.9 Å². The van der Waals surface area contributed by atoms with E-state index in [2.05, 4.69) is 18.8 Å². The highest BCUT2D eigenvalue weighted by Gasteiger charge is 2.41. The van der Waals surface area contributed by atoms with Gasteiger partial charge in [-0.2, -0.15) is 8.78 Å². The predicted octanol–water partition coefficient (Wildman–Crippen LogP) is 8.93. The normalized spacial score (nSPS) is 22.4. The van der Waals surface area contributed by atoms with E-state index < -0.39 is 53.1 Å². The van der Waals surface area contributed by atoms with Gasteiger partial charge in [0.2, 0.25) is 34.8 Å². The summed E-state index contributed by atoms with van der Waals surface area (Å²) in [6.45, 7) is 13.9. The Hall–Kier alpha value is -5.39. The van der Waals surface area contributed by atoms with Crippen LogP contribution < -0.4 is 10.1 Å². The largest absolute Gasteiger partial charge is 0.511 e. The second-order valence-corrected chi connectivity index (χ2v) is 13.1. The van der Waals surface area contributed by atoms with E-state index in [-0.39, 0.29) is 24.5 Å². The van der Waals surface area contributed by atoms with E-state index in [0.29, 0.717) is 39.7 Å². The van der Waals surface area contributed by atoms with Gasteiger partial charge >= 0.3 is 5.97 Å². The summed E-state index contributed by atoms with van der Waals surface area (Å²) in [5.74, 6) is -14.6. The highest BCUT2D eigenvalue weighted by Crippen LogP contribution is 2.46. The Morgan fingerprint density at radius 2 is 1.59 bits per heavy atom. The number of halogens is 5. The molecule has 51 heavy (non-hydrogen) atoms. The van der Waals surface area contributed by atoms with Crippen LogP contribution in [0.15, 0.2) is 119 Å². The molecule has 0 aromatic heterocycles. The molecule has 2 atom stereocenters. The van der Waals surface area contributed by atoms with E-state index in [1.807, 2.05) is 45.9 Å². The molecule has 1 aromatic rings. The first-order valence-corrected chi connectivity index (χ1v) is 16.6. The van der Waals surface area contributed by atoms with Gasteiger partial charge in [-0.3, -0.25) is 4.79 Å². The summed E-state index contributed by atoms with van der Waals surface area (Å²) in [5, 5.41) is 14.8. The number of benzene rings is 1. The zero-order chi connectivity index (χ0) is 36.6. The van der Waals surface area contributed by atoms with E-state index in [1.54, 1.807) is 6.08 Å². The number of aliphatic hydroxyl groups excluding tert-OH is 1. The summed E-state index contributed by atoms with van der Waals surface area (Å²) in [7, 11) is 0. The fourth-order valence-electron chi connectivity index (χ4n) is 7.50. The SMILES string of the molecule is C=CC1=C(C)C2=NC1=CC1=NC(=CC3=C(C)C4=C(O)CC(=C5NC(=C2)[C@@H](C)[C@@H]5CCC(=O)Oc2c(F)c(F)c(F)c(F)c2F)C4=N3)C(CC)=C1C. The molecular weight excluding hydrogens is 667 g/mol. The van der Waals surface area contributed by atoms with E-state index in [0.717, 1.165) is 51.4 Å². The van der Waals surface area contributed by atoms with Crippen molar-refractivity contribution in [3.05, 3.63) is 133 Å². The molecule has 12 heteroatoms. The van der Waals surface area contributed by atoms with Crippen molar-refractivity contribution in [1.29, 1.82) is 0 Å². The van der Waals surface area contributed by atoms with Gasteiger partial charge in [0, 0.05) is 52.8 Å². The molecule has 0 radical (unpaired) electrons. The highest BCUT2D eigenvalue weighted by molar-refractivity contribution is 6.21. The maximum atomic E-state index is 14.3. The first-order chi connectivity index (χ1) is 24.2. The molecule has 7 nitrogen and oxygen atoms in total. The van der Waals surface area contributed by atoms with Crippen molar-refractivity contribution in [2.75, 3.05) is 0 Å². The molecule has 0 amide bonds. The Morgan fingerprint density at radius 3 is 2.25 bits per heavy atom.